The number of carbonyl (C=O) groups excluding carboxylic acids is 4. The van der Waals surface area contributed by atoms with Crippen LogP contribution in [-0.2, 0) is 25.7 Å². The monoisotopic (exact) mass is 479 g/mol. The summed E-state index contributed by atoms with van der Waals surface area (Å²) >= 11 is 0. The number of nitrogens with zero attached hydrogens (tertiary/aromatic N) is 1. The van der Waals surface area contributed by atoms with Crippen molar-refractivity contribution in [3.8, 4) is 0 Å². The fourth-order valence-corrected chi connectivity index (χ4v) is 4.11. The van der Waals surface area contributed by atoms with Gasteiger partial charge < -0.3 is 9.47 Å². The minimum absolute atomic E-state index is 0.0522. The molecule has 186 valence electrons. The fourth-order valence-electron chi connectivity index (χ4n) is 4.11. The summed E-state index contributed by atoms with van der Waals surface area (Å²) in [5.74, 6) is -4.08. The minimum Gasteiger partial charge on any atom is -0.461 e. The van der Waals surface area contributed by atoms with Gasteiger partial charge in [-0.1, -0.05) is 56.3 Å². The lowest BCUT2D eigenvalue weighted by Crippen LogP contribution is -2.45. The van der Waals surface area contributed by atoms with Crippen molar-refractivity contribution in [2.75, 3.05) is 6.54 Å². The number of hydrogen-bond acceptors (Lipinski definition) is 6. The van der Waals surface area contributed by atoms with E-state index in [9.17, 15) is 19.2 Å². The number of carbonyl (C=O) groups is 4. The average Bonchev–Trinajstić information content (AvgIpc) is 3.03. The maximum Gasteiger partial charge on any atom is 0.312 e. The standard InChI is InChI=1S/C28H33NO6/c1-18(2)15-22(26(32)34-17-19-11-7-6-8-12-19)23(27(33)35-28(3,4)5)16-29-24(30)20-13-9-10-14-21(20)25(29)31/h6-14,18,22-23H,15-17H2,1-5H3/t22-,23?/m1/s1. The third kappa shape index (κ3) is 6.56. The van der Waals surface area contributed by atoms with Gasteiger partial charge in [-0.15, -0.1) is 0 Å². The van der Waals surface area contributed by atoms with E-state index >= 15 is 0 Å². The van der Waals surface area contributed by atoms with Crippen molar-refractivity contribution in [3.05, 3.63) is 71.3 Å². The molecule has 7 nitrogen and oxygen atoms in total. The van der Waals surface area contributed by atoms with Crippen molar-refractivity contribution < 1.29 is 28.7 Å². The highest BCUT2D eigenvalue weighted by Gasteiger charge is 2.44. The zero-order valence-electron chi connectivity index (χ0n) is 20.9. The Morgan fingerprint density at radius 2 is 1.37 bits per heavy atom. The summed E-state index contributed by atoms with van der Waals surface area (Å²) in [5, 5.41) is 0. The van der Waals surface area contributed by atoms with Crippen LogP contribution in [0.5, 0.6) is 0 Å². The first-order valence-corrected chi connectivity index (χ1v) is 11.9. The third-order valence-electron chi connectivity index (χ3n) is 5.70. The van der Waals surface area contributed by atoms with E-state index in [-0.39, 0.29) is 30.2 Å². The molecule has 0 saturated carbocycles. The van der Waals surface area contributed by atoms with Gasteiger partial charge in [0, 0.05) is 6.54 Å². The Morgan fingerprint density at radius 3 is 1.89 bits per heavy atom. The zero-order chi connectivity index (χ0) is 25.8. The number of esters is 2. The first kappa shape index (κ1) is 26.1. The van der Waals surface area contributed by atoms with Crippen molar-refractivity contribution in [1.29, 1.82) is 0 Å². The average molecular weight is 480 g/mol. The topological polar surface area (TPSA) is 90.0 Å². The van der Waals surface area contributed by atoms with Crippen molar-refractivity contribution in [3.63, 3.8) is 0 Å². The van der Waals surface area contributed by atoms with E-state index in [0.29, 0.717) is 6.42 Å². The van der Waals surface area contributed by atoms with Crippen molar-refractivity contribution in [2.24, 2.45) is 17.8 Å². The van der Waals surface area contributed by atoms with Crippen molar-refractivity contribution in [1.82, 2.24) is 4.90 Å². The molecule has 1 aliphatic rings. The van der Waals surface area contributed by atoms with E-state index in [4.69, 9.17) is 9.47 Å². The molecule has 0 N–H and O–H groups in total. The molecule has 2 aromatic rings. The molecule has 0 aromatic heterocycles. The van der Waals surface area contributed by atoms with Gasteiger partial charge in [0.05, 0.1) is 23.0 Å². The third-order valence-corrected chi connectivity index (χ3v) is 5.70. The van der Waals surface area contributed by atoms with Crippen LogP contribution in [0, 0.1) is 17.8 Å². The number of ether oxygens (including phenoxy) is 2. The van der Waals surface area contributed by atoms with Crippen LogP contribution in [-0.4, -0.2) is 40.8 Å². The second-order valence-electron chi connectivity index (χ2n) is 10.2. The minimum atomic E-state index is -1.07. The van der Waals surface area contributed by atoms with Crippen LogP contribution in [0.2, 0.25) is 0 Å². The van der Waals surface area contributed by atoms with Gasteiger partial charge in [-0.3, -0.25) is 24.1 Å². The predicted molar refractivity (Wildman–Crippen MR) is 130 cm³/mol. The molecule has 2 aromatic carbocycles. The number of benzene rings is 2. The van der Waals surface area contributed by atoms with Crippen LogP contribution in [0.15, 0.2) is 54.6 Å². The van der Waals surface area contributed by atoms with Gasteiger partial charge in [-0.05, 0) is 50.8 Å². The van der Waals surface area contributed by atoms with Crippen LogP contribution >= 0.6 is 0 Å². The van der Waals surface area contributed by atoms with Gasteiger partial charge in [0.15, 0.2) is 0 Å². The molecule has 0 aliphatic carbocycles. The molecule has 1 heterocycles. The van der Waals surface area contributed by atoms with Gasteiger partial charge in [-0.25, -0.2) is 0 Å². The molecule has 0 saturated heterocycles. The largest absolute Gasteiger partial charge is 0.461 e. The summed E-state index contributed by atoms with van der Waals surface area (Å²) in [4.78, 5) is 53.7. The first-order valence-electron chi connectivity index (χ1n) is 11.9. The van der Waals surface area contributed by atoms with Crippen LogP contribution in [0.25, 0.3) is 0 Å². The van der Waals surface area contributed by atoms with E-state index < -0.39 is 41.2 Å². The maximum atomic E-state index is 13.4. The molecule has 2 atom stereocenters. The van der Waals surface area contributed by atoms with E-state index in [1.54, 1.807) is 45.0 Å². The maximum absolute atomic E-state index is 13.4. The molecule has 0 spiro atoms. The molecule has 3 rings (SSSR count). The van der Waals surface area contributed by atoms with Gasteiger partial charge in [0.1, 0.15) is 12.2 Å². The Morgan fingerprint density at radius 1 is 0.829 bits per heavy atom. The highest BCUT2D eigenvalue weighted by Crippen LogP contribution is 2.30. The van der Waals surface area contributed by atoms with Gasteiger partial charge in [0.25, 0.3) is 11.8 Å². The molecule has 2 amide bonds. The second-order valence-corrected chi connectivity index (χ2v) is 10.2. The zero-order valence-corrected chi connectivity index (χ0v) is 20.9. The Balaban J connectivity index is 1.90. The molecular formula is C28H33NO6. The fraction of sp³-hybridized carbons (Fsp3) is 0.429. The molecular weight excluding hydrogens is 446 g/mol. The number of hydrogen-bond donors (Lipinski definition) is 0. The Labute approximate surface area is 206 Å². The van der Waals surface area contributed by atoms with E-state index in [1.807, 2.05) is 44.2 Å². The lowest BCUT2D eigenvalue weighted by Gasteiger charge is -2.31. The van der Waals surface area contributed by atoms with Crippen LogP contribution in [0.3, 0.4) is 0 Å². The van der Waals surface area contributed by atoms with Crippen molar-refractivity contribution in [2.45, 2.75) is 53.2 Å². The highest BCUT2D eigenvalue weighted by molar-refractivity contribution is 6.21. The van der Waals surface area contributed by atoms with Crippen molar-refractivity contribution >= 4 is 23.8 Å². The Kier molecular flexibility index (Phi) is 8.10. The van der Waals surface area contributed by atoms with Crippen LogP contribution < -0.4 is 0 Å². The summed E-state index contributed by atoms with van der Waals surface area (Å²) < 4.78 is 11.2. The molecule has 35 heavy (non-hydrogen) atoms. The van der Waals surface area contributed by atoms with Gasteiger partial charge in [-0.2, -0.15) is 0 Å². The second kappa shape index (κ2) is 10.8. The number of rotatable bonds is 9. The van der Waals surface area contributed by atoms with Crippen LogP contribution in [0.4, 0.5) is 0 Å². The molecule has 1 aliphatic heterocycles. The van der Waals surface area contributed by atoms with Crippen LogP contribution in [0.1, 0.15) is 67.3 Å². The Bertz CT molecular complexity index is 1050. The first-order chi connectivity index (χ1) is 16.5. The Hall–Kier alpha value is -3.48. The van der Waals surface area contributed by atoms with E-state index in [1.165, 1.54) is 0 Å². The van der Waals surface area contributed by atoms with E-state index in [2.05, 4.69) is 0 Å². The summed E-state index contributed by atoms with van der Waals surface area (Å²) in [6, 6.07) is 15.8. The van der Waals surface area contributed by atoms with Gasteiger partial charge >= 0.3 is 11.9 Å². The summed E-state index contributed by atoms with van der Waals surface area (Å²) in [5.41, 5.74) is 0.575. The molecule has 1 unspecified atom stereocenters. The number of amides is 2. The molecule has 0 radical (unpaired) electrons. The summed E-state index contributed by atoms with van der Waals surface area (Å²) in [6.07, 6.45) is 0.334. The SMILES string of the molecule is CC(C)C[C@@H](C(=O)OCc1ccccc1)C(CN1C(=O)c2ccccc2C1=O)C(=O)OC(C)(C)C. The van der Waals surface area contributed by atoms with E-state index in [0.717, 1.165) is 10.5 Å². The normalized spacial score (nSPS) is 15.1. The smallest absolute Gasteiger partial charge is 0.312 e. The quantitative estimate of drug-likeness (QED) is 0.384. The predicted octanol–water partition coefficient (Wildman–Crippen LogP) is 4.65. The lowest BCUT2D eigenvalue weighted by atomic mass is 9.84. The molecule has 0 fully saturated rings. The lowest BCUT2D eigenvalue weighted by molar-refractivity contribution is -0.169. The highest BCUT2D eigenvalue weighted by atomic mass is 16.6. The van der Waals surface area contributed by atoms with Gasteiger partial charge in [0.2, 0.25) is 0 Å². The summed E-state index contributed by atoms with van der Waals surface area (Å²) in [7, 11) is 0. The number of fused-ring (bicyclic) bond motifs is 1. The molecule has 7 heteroatoms. The summed E-state index contributed by atoms with van der Waals surface area (Å²) in [6.45, 7) is 8.86. The molecule has 0 bridgehead atoms. The number of imide groups is 1.